The maximum Gasteiger partial charge on any atom is 0.317 e. The second-order valence-corrected chi connectivity index (χ2v) is 6.64. The van der Waals surface area contributed by atoms with E-state index in [1.54, 1.807) is 16.2 Å². The average Bonchev–Trinajstić information content (AvgIpc) is 2.97. The van der Waals surface area contributed by atoms with Crippen LogP contribution in [-0.2, 0) is 4.79 Å². The van der Waals surface area contributed by atoms with Crippen LogP contribution in [0.5, 0.6) is 0 Å². The van der Waals surface area contributed by atoms with E-state index in [1.807, 2.05) is 26.0 Å². The summed E-state index contributed by atoms with van der Waals surface area (Å²) in [6.45, 7) is 5.18. The van der Waals surface area contributed by atoms with Gasteiger partial charge < -0.3 is 15.3 Å². The third-order valence-corrected chi connectivity index (χ3v) is 4.75. The topological polar surface area (TPSA) is 69.6 Å². The summed E-state index contributed by atoms with van der Waals surface area (Å²) in [6, 6.07) is 3.96. The molecule has 2 atom stereocenters. The number of urea groups is 1. The fraction of sp³-hybridized carbons (Fsp3) is 0.571. The molecule has 0 aliphatic carbocycles. The average molecular weight is 296 g/mol. The lowest BCUT2D eigenvalue weighted by Gasteiger charge is -2.20. The summed E-state index contributed by atoms with van der Waals surface area (Å²) in [5, 5.41) is 11.8. The van der Waals surface area contributed by atoms with Crippen LogP contribution in [0.3, 0.4) is 0 Å². The van der Waals surface area contributed by atoms with Gasteiger partial charge in [-0.05, 0) is 38.3 Å². The Morgan fingerprint density at radius 1 is 1.55 bits per heavy atom. The van der Waals surface area contributed by atoms with Crippen LogP contribution >= 0.6 is 11.3 Å². The first-order chi connectivity index (χ1) is 9.45. The van der Waals surface area contributed by atoms with Gasteiger partial charge in [0.25, 0.3) is 0 Å². The number of carbonyl (C=O) groups excluding carboxylic acids is 1. The van der Waals surface area contributed by atoms with Crippen LogP contribution in [0, 0.1) is 12.8 Å². The molecule has 0 saturated carbocycles. The summed E-state index contributed by atoms with van der Waals surface area (Å²) >= 11 is 1.68. The van der Waals surface area contributed by atoms with E-state index in [0.29, 0.717) is 13.1 Å². The second kappa shape index (κ2) is 6.26. The van der Waals surface area contributed by atoms with E-state index in [9.17, 15) is 9.59 Å². The quantitative estimate of drug-likeness (QED) is 0.897. The smallest absolute Gasteiger partial charge is 0.317 e. The number of nitrogens with one attached hydrogen (secondary N) is 1. The van der Waals surface area contributed by atoms with Gasteiger partial charge in [-0.3, -0.25) is 4.79 Å². The molecule has 2 rings (SSSR count). The van der Waals surface area contributed by atoms with Gasteiger partial charge in [0.05, 0.1) is 6.04 Å². The summed E-state index contributed by atoms with van der Waals surface area (Å²) in [5.41, 5.74) is 0. The number of likely N-dealkylation sites (tertiary alicyclic amines) is 1. The maximum absolute atomic E-state index is 12.1. The molecular formula is C14H20N2O3S. The minimum atomic E-state index is -0.792. The van der Waals surface area contributed by atoms with Crippen LogP contribution in [0.1, 0.15) is 35.6 Å². The lowest BCUT2D eigenvalue weighted by Crippen LogP contribution is -2.39. The van der Waals surface area contributed by atoms with Crippen LogP contribution in [0.2, 0.25) is 0 Å². The Bertz CT molecular complexity index is 500. The number of thiophene rings is 1. The molecule has 0 radical (unpaired) electrons. The zero-order valence-corrected chi connectivity index (χ0v) is 12.6. The van der Waals surface area contributed by atoms with Gasteiger partial charge in [-0.25, -0.2) is 4.79 Å². The highest BCUT2D eigenvalue weighted by molar-refractivity contribution is 7.12. The van der Waals surface area contributed by atoms with Crippen LogP contribution < -0.4 is 5.32 Å². The number of carboxylic acid groups (broad SMARTS) is 1. The molecule has 20 heavy (non-hydrogen) atoms. The Morgan fingerprint density at radius 3 is 2.90 bits per heavy atom. The van der Waals surface area contributed by atoms with Crippen molar-refractivity contribution in [1.82, 2.24) is 10.2 Å². The Balaban J connectivity index is 1.85. The summed E-state index contributed by atoms with van der Waals surface area (Å²) in [6.07, 6.45) is 0.912. The number of aliphatic carboxylic acids is 1. The molecule has 1 saturated heterocycles. The van der Waals surface area contributed by atoms with E-state index in [-0.39, 0.29) is 24.4 Å². The molecule has 2 heterocycles. The molecule has 2 unspecified atom stereocenters. The van der Waals surface area contributed by atoms with Crippen molar-refractivity contribution in [3.05, 3.63) is 21.9 Å². The van der Waals surface area contributed by atoms with Crippen LogP contribution in [-0.4, -0.2) is 35.1 Å². The molecule has 1 aliphatic rings. The van der Waals surface area contributed by atoms with Gasteiger partial charge in [0.15, 0.2) is 0 Å². The molecule has 0 aromatic carbocycles. The van der Waals surface area contributed by atoms with Gasteiger partial charge in [-0.2, -0.15) is 0 Å². The van der Waals surface area contributed by atoms with E-state index < -0.39 is 5.97 Å². The van der Waals surface area contributed by atoms with Crippen molar-refractivity contribution >= 4 is 23.3 Å². The van der Waals surface area contributed by atoms with E-state index in [0.717, 1.165) is 11.3 Å². The van der Waals surface area contributed by atoms with E-state index >= 15 is 0 Å². The van der Waals surface area contributed by atoms with Crippen molar-refractivity contribution in [1.29, 1.82) is 0 Å². The van der Waals surface area contributed by atoms with Crippen LogP contribution in [0.4, 0.5) is 4.79 Å². The summed E-state index contributed by atoms with van der Waals surface area (Å²) in [7, 11) is 0. The fourth-order valence-corrected chi connectivity index (χ4v) is 3.34. The second-order valence-electron chi connectivity index (χ2n) is 5.32. The number of carbonyl (C=O) groups is 2. The predicted molar refractivity (Wildman–Crippen MR) is 77.9 cm³/mol. The van der Waals surface area contributed by atoms with Gasteiger partial charge in [0.1, 0.15) is 0 Å². The largest absolute Gasteiger partial charge is 0.481 e. The van der Waals surface area contributed by atoms with E-state index in [1.165, 1.54) is 4.88 Å². The molecule has 2 amide bonds. The molecule has 1 aliphatic heterocycles. The van der Waals surface area contributed by atoms with Crippen LogP contribution in [0.25, 0.3) is 0 Å². The molecular weight excluding hydrogens is 276 g/mol. The molecule has 6 heteroatoms. The van der Waals surface area contributed by atoms with Crippen LogP contribution in [0.15, 0.2) is 12.1 Å². The lowest BCUT2D eigenvalue weighted by molar-refractivity contribution is -0.138. The Morgan fingerprint density at radius 2 is 2.30 bits per heavy atom. The minimum Gasteiger partial charge on any atom is -0.481 e. The highest BCUT2D eigenvalue weighted by Gasteiger charge is 2.28. The number of aryl methyl sites for hydroxylation is 1. The SMILES string of the molecule is Cc1ccc(C(C)NC(=O)N2CCC(CC(=O)O)C2)s1. The van der Waals surface area contributed by atoms with Gasteiger partial charge in [0, 0.05) is 29.3 Å². The zero-order chi connectivity index (χ0) is 14.7. The first-order valence-corrected chi connectivity index (χ1v) is 7.61. The monoisotopic (exact) mass is 296 g/mol. The number of rotatable bonds is 4. The van der Waals surface area contributed by atoms with Crippen molar-refractivity contribution in [2.24, 2.45) is 5.92 Å². The fourth-order valence-electron chi connectivity index (χ4n) is 2.46. The molecule has 1 fully saturated rings. The molecule has 1 aromatic heterocycles. The Labute approximate surface area is 122 Å². The molecule has 0 spiro atoms. The maximum atomic E-state index is 12.1. The van der Waals surface area contributed by atoms with E-state index in [4.69, 9.17) is 5.11 Å². The van der Waals surface area contributed by atoms with Crippen molar-refractivity contribution in [2.75, 3.05) is 13.1 Å². The highest BCUT2D eigenvalue weighted by atomic mass is 32.1. The summed E-state index contributed by atoms with van der Waals surface area (Å²) < 4.78 is 0. The number of hydrogen-bond acceptors (Lipinski definition) is 3. The zero-order valence-electron chi connectivity index (χ0n) is 11.8. The molecule has 1 aromatic rings. The third-order valence-electron chi connectivity index (χ3n) is 3.56. The third kappa shape index (κ3) is 3.72. The van der Waals surface area contributed by atoms with Crippen molar-refractivity contribution in [3.63, 3.8) is 0 Å². The molecule has 0 bridgehead atoms. The first-order valence-electron chi connectivity index (χ1n) is 6.79. The standard InChI is InChI=1S/C14H20N2O3S/c1-9-3-4-12(20-9)10(2)15-14(19)16-6-5-11(8-16)7-13(17)18/h3-4,10-11H,5-8H2,1-2H3,(H,15,19)(H,17,18). The van der Waals surface area contributed by atoms with Gasteiger partial charge in [-0.1, -0.05) is 0 Å². The Hall–Kier alpha value is -1.56. The normalized spacial score (nSPS) is 19.9. The van der Waals surface area contributed by atoms with E-state index in [2.05, 4.69) is 5.32 Å². The lowest BCUT2D eigenvalue weighted by atomic mass is 10.1. The summed E-state index contributed by atoms with van der Waals surface area (Å²) in [5.74, 6) is -0.711. The minimum absolute atomic E-state index is 0.0141. The predicted octanol–water partition coefficient (Wildman–Crippen LogP) is 2.62. The van der Waals surface area contributed by atoms with Crippen molar-refractivity contribution < 1.29 is 14.7 Å². The van der Waals surface area contributed by atoms with Gasteiger partial charge in [0.2, 0.25) is 0 Å². The number of hydrogen-bond donors (Lipinski definition) is 2. The molecule has 2 N–H and O–H groups in total. The molecule has 5 nitrogen and oxygen atoms in total. The number of carboxylic acids is 1. The van der Waals surface area contributed by atoms with Crippen molar-refractivity contribution in [3.8, 4) is 0 Å². The first kappa shape index (κ1) is 14.8. The molecule has 110 valence electrons. The van der Waals surface area contributed by atoms with Gasteiger partial charge >= 0.3 is 12.0 Å². The van der Waals surface area contributed by atoms with Crippen molar-refractivity contribution in [2.45, 2.75) is 32.7 Å². The highest BCUT2D eigenvalue weighted by Crippen LogP contribution is 2.24. The Kier molecular flexibility index (Phi) is 4.65. The van der Waals surface area contributed by atoms with Gasteiger partial charge in [-0.15, -0.1) is 11.3 Å². The number of nitrogens with zero attached hydrogens (tertiary/aromatic N) is 1. The number of amides is 2. The summed E-state index contributed by atoms with van der Waals surface area (Å²) in [4.78, 5) is 26.9.